The number of halogens is 1. The first kappa shape index (κ1) is 13.0. The van der Waals surface area contributed by atoms with E-state index < -0.39 is 12.1 Å². The number of hydrogen-bond donors (Lipinski definition) is 1. The molecular formula is C14H18FNO2. The number of benzene rings is 1. The Balaban J connectivity index is 2.08. The van der Waals surface area contributed by atoms with Gasteiger partial charge in [0.1, 0.15) is 6.17 Å². The maximum absolute atomic E-state index is 14.4. The summed E-state index contributed by atoms with van der Waals surface area (Å²) in [4.78, 5) is 12.9. The summed E-state index contributed by atoms with van der Waals surface area (Å²) in [5, 5.41) is 8.80. The zero-order chi connectivity index (χ0) is 13.1. The number of likely N-dealkylation sites (tertiary alicyclic amines) is 1. The molecule has 3 nitrogen and oxygen atoms in total. The second-order valence-electron chi connectivity index (χ2n) is 4.99. The van der Waals surface area contributed by atoms with E-state index in [9.17, 15) is 9.18 Å². The van der Waals surface area contributed by atoms with Crippen molar-refractivity contribution in [3.63, 3.8) is 0 Å². The molecule has 98 valence electrons. The molecule has 0 saturated carbocycles. The number of rotatable bonds is 3. The average molecular weight is 251 g/mol. The van der Waals surface area contributed by atoms with E-state index in [0.29, 0.717) is 5.56 Å². The van der Waals surface area contributed by atoms with Crippen molar-refractivity contribution in [3.05, 3.63) is 35.4 Å². The second-order valence-corrected chi connectivity index (χ2v) is 4.99. The Kier molecular flexibility index (Phi) is 3.97. The Bertz CT molecular complexity index is 418. The minimum absolute atomic E-state index is 0.0134. The molecule has 1 fully saturated rings. The molecule has 1 aliphatic rings. The van der Waals surface area contributed by atoms with Gasteiger partial charge in [0.25, 0.3) is 0 Å². The Morgan fingerprint density at radius 2 is 2.11 bits per heavy atom. The molecule has 0 radical (unpaired) electrons. The summed E-state index contributed by atoms with van der Waals surface area (Å²) in [6, 6.07) is 6.11. The third-order valence-corrected chi connectivity index (χ3v) is 3.55. The first-order chi connectivity index (χ1) is 8.58. The highest BCUT2D eigenvalue weighted by Gasteiger charge is 2.26. The van der Waals surface area contributed by atoms with Crippen molar-refractivity contribution >= 4 is 5.97 Å². The number of carbonyl (C=O) groups is 1. The van der Waals surface area contributed by atoms with Gasteiger partial charge in [-0.3, -0.25) is 0 Å². The van der Waals surface area contributed by atoms with Crippen LogP contribution in [0.5, 0.6) is 0 Å². The maximum atomic E-state index is 14.4. The van der Waals surface area contributed by atoms with Gasteiger partial charge in [-0.05, 0) is 44.1 Å². The molecule has 0 amide bonds. The molecule has 4 heteroatoms. The molecule has 2 unspecified atom stereocenters. The van der Waals surface area contributed by atoms with E-state index in [1.165, 1.54) is 12.1 Å². The zero-order valence-corrected chi connectivity index (χ0v) is 10.5. The third-order valence-electron chi connectivity index (χ3n) is 3.55. The molecule has 0 aromatic heterocycles. The molecule has 2 rings (SSSR count). The molecule has 2 atom stereocenters. The van der Waals surface area contributed by atoms with Crippen molar-refractivity contribution in [2.75, 3.05) is 20.1 Å². The summed E-state index contributed by atoms with van der Waals surface area (Å²) in [6.45, 7) is 1.79. The zero-order valence-electron chi connectivity index (χ0n) is 10.5. The highest BCUT2D eigenvalue weighted by Crippen LogP contribution is 2.32. The number of hydrogen-bond acceptors (Lipinski definition) is 2. The smallest absolute Gasteiger partial charge is 0.335 e. The van der Waals surface area contributed by atoms with Crippen molar-refractivity contribution < 1.29 is 14.3 Å². The topological polar surface area (TPSA) is 40.5 Å². The second kappa shape index (κ2) is 5.48. The summed E-state index contributed by atoms with van der Waals surface area (Å²) in [7, 11) is 2.01. The van der Waals surface area contributed by atoms with Crippen LogP contribution < -0.4 is 0 Å². The van der Waals surface area contributed by atoms with Crippen molar-refractivity contribution in [2.45, 2.75) is 19.0 Å². The monoisotopic (exact) mass is 251 g/mol. The van der Waals surface area contributed by atoms with Gasteiger partial charge >= 0.3 is 5.97 Å². The first-order valence-electron chi connectivity index (χ1n) is 6.24. The van der Waals surface area contributed by atoms with Crippen LogP contribution in [-0.2, 0) is 0 Å². The van der Waals surface area contributed by atoms with Gasteiger partial charge in [0.15, 0.2) is 0 Å². The van der Waals surface area contributed by atoms with E-state index in [-0.39, 0.29) is 11.5 Å². The lowest BCUT2D eigenvalue weighted by Crippen LogP contribution is -2.34. The highest BCUT2D eigenvalue weighted by molar-refractivity contribution is 5.87. The number of aromatic carboxylic acids is 1. The van der Waals surface area contributed by atoms with Gasteiger partial charge in [0.05, 0.1) is 5.56 Å². The van der Waals surface area contributed by atoms with E-state index in [1.54, 1.807) is 12.1 Å². The lowest BCUT2D eigenvalue weighted by molar-refractivity contribution is 0.0696. The Morgan fingerprint density at radius 1 is 1.44 bits per heavy atom. The van der Waals surface area contributed by atoms with E-state index in [2.05, 4.69) is 4.90 Å². The summed E-state index contributed by atoms with van der Waals surface area (Å²) in [5.74, 6) is -0.964. The molecular weight excluding hydrogens is 233 g/mol. The van der Waals surface area contributed by atoms with Crippen LogP contribution in [0.1, 0.15) is 34.9 Å². The van der Waals surface area contributed by atoms with Gasteiger partial charge in [-0.2, -0.15) is 0 Å². The minimum atomic E-state index is -1.00. The lowest BCUT2D eigenvalue weighted by atomic mass is 9.89. The van der Waals surface area contributed by atoms with E-state index in [1.807, 2.05) is 7.05 Å². The molecule has 0 spiro atoms. The van der Waals surface area contributed by atoms with Crippen LogP contribution >= 0.6 is 0 Å². The number of alkyl halides is 1. The molecule has 1 saturated heterocycles. The standard InChI is InChI=1S/C14H18FNO2/c1-16-8-2-3-12(9-16)13(15)10-4-6-11(7-5-10)14(17)18/h4-7,12-13H,2-3,8-9H2,1H3,(H,17,18). The highest BCUT2D eigenvalue weighted by atomic mass is 19.1. The molecule has 0 bridgehead atoms. The molecule has 0 aliphatic carbocycles. The van der Waals surface area contributed by atoms with E-state index in [4.69, 9.17) is 5.11 Å². The molecule has 1 aliphatic heterocycles. The third kappa shape index (κ3) is 2.88. The van der Waals surface area contributed by atoms with Crippen LogP contribution in [0, 0.1) is 5.92 Å². The summed E-state index contributed by atoms with van der Waals surface area (Å²) in [5.41, 5.74) is 0.784. The van der Waals surface area contributed by atoms with Crippen LogP contribution in [0.25, 0.3) is 0 Å². The predicted molar refractivity (Wildman–Crippen MR) is 67.5 cm³/mol. The Morgan fingerprint density at radius 3 is 2.67 bits per heavy atom. The molecule has 1 aromatic rings. The number of nitrogens with zero attached hydrogens (tertiary/aromatic N) is 1. The van der Waals surface area contributed by atoms with E-state index in [0.717, 1.165) is 25.9 Å². The lowest BCUT2D eigenvalue weighted by Gasteiger charge is -2.31. The van der Waals surface area contributed by atoms with Crippen LogP contribution in [-0.4, -0.2) is 36.1 Å². The van der Waals surface area contributed by atoms with E-state index >= 15 is 0 Å². The van der Waals surface area contributed by atoms with Crippen molar-refractivity contribution in [2.24, 2.45) is 5.92 Å². The minimum Gasteiger partial charge on any atom is -0.478 e. The number of carboxylic acids is 1. The predicted octanol–water partition coefficient (Wildman–Crippen LogP) is 2.74. The number of carboxylic acid groups (broad SMARTS) is 1. The van der Waals surface area contributed by atoms with Gasteiger partial charge in [-0.15, -0.1) is 0 Å². The van der Waals surface area contributed by atoms with Crippen molar-refractivity contribution in [1.82, 2.24) is 4.90 Å². The summed E-state index contributed by atoms with van der Waals surface area (Å²) < 4.78 is 14.4. The van der Waals surface area contributed by atoms with Gasteiger partial charge in [-0.1, -0.05) is 12.1 Å². The van der Waals surface area contributed by atoms with Crippen LogP contribution in [0.15, 0.2) is 24.3 Å². The molecule has 1 heterocycles. The van der Waals surface area contributed by atoms with Crippen LogP contribution in [0.3, 0.4) is 0 Å². The van der Waals surface area contributed by atoms with Gasteiger partial charge in [0.2, 0.25) is 0 Å². The molecule has 1 aromatic carbocycles. The summed E-state index contributed by atoms with van der Waals surface area (Å²) >= 11 is 0. The van der Waals surface area contributed by atoms with Crippen molar-refractivity contribution in [3.8, 4) is 0 Å². The van der Waals surface area contributed by atoms with Gasteiger partial charge in [-0.25, -0.2) is 9.18 Å². The summed E-state index contributed by atoms with van der Waals surface area (Å²) in [6.07, 6.45) is 0.914. The fourth-order valence-electron chi connectivity index (χ4n) is 2.53. The largest absolute Gasteiger partial charge is 0.478 e. The van der Waals surface area contributed by atoms with Crippen LogP contribution in [0.2, 0.25) is 0 Å². The fourth-order valence-corrected chi connectivity index (χ4v) is 2.53. The fraction of sp³-hybridized carbons (Fsp3) is 0.500. The molecule has 1 N–H and O–H groups in total. The number of piperidine rings is 1. The first-order valence-corrected chi connectivity index (χ1v) is 6.24. The molecule has 18 heavy (non-hydrogen) atoms. The van der Waals surface area contributed by atoms with Crippen molar-refractivity contribution in [1.29, 1.82) is 0 Å². The maximum Gasteiger partial charge on any atom is 0.335 e. The average Bonchev–Trinajstić information content (AvgIpc) is 2.38. The van der Waals surface area contributed by atoms with Gasteiger partial charge in [0, 0.05) is 12.5 Å². The Labute approximate surface area is 106 Å². The quantitative estimate of drug-likeness (QED) is 0.898. The van der Waals surface area contributed by atoms with Gasteiger partial charge < -0.3 is 10.0 Å². The Hall–Kier alpha value is -1.42. The van der Waals surface area contributed by atoms with Crippen LogP contribution in [0.4, 0.5) is 4.39 Å². The normalized spacial score (nSPS) is 22.7. The SMILES string of the molecule is CN1CCCC(C(F)c2ccc(C(=O)O)cc2)C1.